The van der Waals surface area contributed by atoms with Crippen LogP contribution in [-0.4, -0.2) is 25.8 Å². The molecule has 0 aliphatic heterocycles. The Kier molecular flexibility index (Phi) is 2.66. The highest BCUT2D eigenvalue weighted by atomic mass is 32.1. The first-order valence-corrected chi connectivity index (χ1v) is 5.12. The number of carboxylic acid groups (broad SMARTS) is 1. The summed E-state index contributed by atoms with van der Waals surface area (Å²) in [5, 5.41) is 21.2. The number of aromatic carboxylic acids is 1. The van der Waals surface area contributed by atoms with Crippen LogP contribution in [0.15, 0.2) is 18.5 Å². The zero-order valence-electron chi connectivity index (χ0n) is 7.99. The molecule has 0 aliphatic rings. The van der Waals surface area contributed by atoms with Crippen molar-refractivity contribution in [2.45, 2.75) is 6.54 Å². The summed E-state index contributed by atoms with van der Waals surface area (Å²) in [6, 6.07) is 5.09. The molecule has 0 fully saturated rings. The van der Waals surface area contributed by atoms with Crippen molar-refractivity contribution in [1.29, 1.82) is 5.26 Å². The van der Waals surface area contributed by atoms with Crippen molar-refractivity contribution in [1.82, 2.24) is 14.8 Å². The Balaban J connectivity index is 2.14. The molecule has 0 radical (unpaired) electrons. The van der Waals surface area contributed by atoms with Gasteiger partial charge in [0.15, 0.2) is 0 Å². The van der Waals surface area contributed by atoms with Crippen molar-refractivity contribution in [3.8, 4) is 6.07 Å². The zero-order valence-corrected chi connectivity index (χ0v) is 8.81. The lowest BCUT2D eigenvalue weighted by Gasteiger charge is -1.94. The Hall–Kier alpha value is -2.20. The van der Waals surface area contributed by atoms with E-state index in [1.54, 1.807) is 12.1 Å². The van der Waals surface area contributed by atoms with Crippen LogP contribution in [0.25, 0.3) is 0 Å². The molecule has 16 heavy (non-hydrogen) atoms. The van der Waals surface area contributed by atoms with E-state index in [0.717, 1.165) is 4.88 Å². The van der Waals surface area contributed by atoms with E-state index in [2.05, 4.69) is 10.1 Å². The molecule has 0 unspecified atom stereocenters. The quantitative estimate of drug-likeness (QED) is 0.853. The first-order chi connectivity index (χ1) is 7.69. The van der Waals surface area contributed by atoms with Gasteiger partial charge in [0.1, 0.15) is 17.3 Å². The summed E-state index contributed by atoms with van der Waals surface area (Å²) >= 11 is 1.18. The van der Waals surface area contributed by atoms with Crippen molar-refractivity contribution < 1.29 is 9.90 Å². The summed E-state index contributed by atoms with van der Waals surface area (Å²) in [5.41, 5.74) is 0. The minimum Gasteiger partial charge on any atom is -0.477 e. The maximum Gasteiger partial charge on any atom is 0.345 e. The van der Waals surface area contributed by atoms with Gasteiger partial charge in [0, 0.05) is 4.88 Å². The lowest BCUT2D eigenvalue weighted by Crippen LogP contribution is -1.98. The van der Waals surface area contributed by atoms with E-state index in [-0.39, 0.29) is 10.7 Å². The third-order valence-electron chi connectivity index (χ3n) is 1.83. The molecule has 7 heteroatoms. The van der Waals surface area contributed by atoms with E-state index >= 15 is 0 Å². The molecule has 0 atom stereocenters. The fourth-order valence-electron chi connectivity index (χ4n) is 1.16. The SMILES string of the molecule is N#Cc1ncn(Cc2ccc(C(=O)O)s2)n1. The van der Waals surface area contributed by atoms with Crippen LogP contribution in [0.4, 0.5) is 0 Å². The molecule has 2 aromatic rings. The number of aromatic nitrogens is 3. The molecule has 80 valence electrons. The second kappa shape index (κ2) is 4.12. The van der Waals surface area contributed by atoms with Gasteiger partial charge < -0.3 is 5.11 Å². The van der Waals surface area contributed by atoms with Crippen molar-refractivity contribution in [2.24, 2.45) is 0 Å². The summed E-state index contributed by atoms with van der Waals surface area (Å²) < 4.78 is 1.50. The van der Waals surface area contributed by atoms with Gasteiger partial charge in [0.25, 0.3) is 5.82 Å². The van der Waals surface area contributed by atoms with Crippen LogP contribution >= 0.6 is 11.3 Å². The van der Waals surface area contributed by atoms with E-state index in [0.29, 0.717) is 6.54 Å². The molecule has 6 nitrogen and oxygen atoms in total. The molecule has 0 bridgehead atoms. The van der Waals surface area contributed by atoms with Gasteiger partial charge in [-0.15, -0.1) is 16.4 Å². The predicted octanol–water partition coefficient (Wildman–Crippen LogP) is 0.958. The molecule has 0 spiro atoms. The number of thiophene rings is 1. The largest absolute Gasteiger partial charge is 0.477 e. The summed E-state index contributed by atoms with van der Waals surface area (Å²) in [4.78, 5) is 15.5. The zero-order chi connectivity index (χ0) is 11.5. The van der Waals surface area contributed by atoms with Gasteiger partial charge in [-0.3, -0.25) is 0 Å². The van der Waals surface area contributed by atoms with Gasteiger partial charge in [-0.2, -0.15) is 5.26 Å². The van der Waals surface area contributed by atoms with E-state index in [1.165, 1.54) is 22.3 Å². The highest BCUT2D eigenvalue weighted by Gasteiger charge is 2.08. The molecular weight excluding hydrogens is 228 g/mol. The normalized spacial score (nSPS) is 9.94. The Morgan fingerprint density at radius 2 is 2.44 bits per heavy atom. The number of nitrogens with zero attached hydrogens (tertiary/aromatic N) is 4. The molecule has 0 aromatic carbocycles. The van der Waals surface area contributed by atoms with Gasteiger partial charge >= 0.3 is 5.97 Å². The molecule has 2 rings (SSSR count). The Morgan fingerprint density at radius 1 is 1.62 bits per heavy atom. The first kappa shape index (κ1) is 10.3. The summed E-state index contributed by atoms with van der Waals surface area (Å²) in [7, 11) is 0. The Bertz CT molecular complexity index is 566. The highest BCUT2D eigenvalue weighted by molar-refractivity contribution is 7.13. The van der Waals surface area contributed by atoms with Gasteiger partial charge in [-0.05, 0) is 12.1 Å². The van der Waals surface area contributed by atoms with E-state index in [9.17, 15) is 4.79 Å². The average Bonchev–Trinajstić information content (AvgIpc) is 2.87. The molecule has 0 saturated carbocycles. The van der Waals surface area contributed by atoms with Crippen molar-refractivity contribution >= 4 is 17.3 Å². The van der Waals surface area contributed by atoms with Crippen molar-refractivity contribution in [2.75, 3.05) is 0 Å². The first-order valence-electron chi connectivity index (χ1n) is 4.30. The van der Waals surface area contributed by atoms with Crippen molar-refractivity contribution in [3.63, 3.8) is 0 Å². The third kappa shape index (κ3) is 2.07. The van der Waals surface area contributed by atoms with Gasteiger partial charge in [0.2, 0.25) is 0 Å². The van der Waals surface area contributed by atoms with Crippen LogP contribution < -0.4 is 0 Å². The van der Waals surface area contributed by atoms with Crippen LogP contribution in [0.3, 0.4) is 0 Å². The fraction of sp³-hybridized carbons (Fsp3) is 0.111. The van der Waals surface area contributed by atoms with Gasteiger partial charge in [-0.1, -0.05) is 0 Å². The van der Waals surface area contributed by atoms with Crippen LogP contribution in [-0.2, 0) is 6.54 Å². The summed E-state index contributed by atoms with van der Waals surface area (Å²) in [6.45, 7) is 0.423. The van der Waals surface area contributed by atoms with Gasteiger partial charge in [0.05, 0.1) is 6.54 Å². The number of rotatable bonds is 3. The summed E-state index contributed by atoms with van der Waals surface area (Å²) in [5.74, 6) is -0.831. The second-order valence-corrected chi connectivity index (χ2v) is 4.12. The maximum atomic E-state index is 10.6. The molecule has 0 amide bonds. The van der Waals surface area contributed by atoms with E-state index in [4.69, 9.17) is 10.4 Å². The van der Waals surface area contributed by atoms with Crippen LogP contribution in [0.1, 0.15) is 20.4 Å². The van der Waals surface area contributed by atoms with E-state index < -0.39 is 5.97 Å². The lowest BCUT2D eigenvalue weighted by molar-refractivity contribution is 0.0702. The highest BCUT2D eigenvalue weighted by Crippen LogP contribution is 2.17. The molecule has 1 N–H and O–H groups in total. The Morgan fingerprint density at radius 3 is 3.00 bits per heavy atom. The van der Waals surface area contributed by atoms with Gasteiger partial charge in [-0.25, -0.2) is 14.5 Å². The van der Waals surface area contributed by atoms with E-state index in [1.807, 2.05) is 6.07 Å². The smallest absolute Gasteiger partial charge is 0.345 e. The lowest BCUT2D eigenvalue weighted by atomic mass is 10.4. The van der Waals surface area contributed by atoms with Crippen LogP contribution in [0.2, 0.25) is 0 Å². The Labute approximate surface area is 94.4 Å². The minimum absolute atomic E-state index is 0.106. The topological polar surface area (TPSA) is 91.8 Å². The molecule has 0 aliphatic carbocycles. The molecule has 2 heterocycles. The average molecular weight is 234 g/mol. The number of nitriles is 1. The number of hydrogen-bond acceptors (Lipinski definition) is 5. The standard InChI is InChI=1S/C9H6N4O2S/c10-3-8-11-5-13(12-8)4-6-1-2-7(16-6)9(14)15/h1-2,5H,4H2,(H,14,15). The monoisotopic (exact) mass is 234 g/mol. The molecule has 2 aromatic heterocycles. The minimum atomic E-state index is -0.937. The predicted molar refractivity (Wildman–Crippen MR) is 55.1 cm³/mol. The number of carbonyl (C=O) groups is 1. The number of carboxylic acids is 1. The van der Waals surface area contributed by atoms with Crippen LogP contribution in [0.5, 0.6) is 0 Å². The maximum absolute atomic E-state index is 10.6. The second-order valence-electron chi connectivity index (χ2n) is 2.95. The van der Waals surface area contributed by atoms with Crippen molar-refractivity contribution in [3.05, 3.63) is 34.0 Å². The molecular formula is C9H6N4O2S. The molecule has 0 saturated heterocycles. The fourth-order valence-corrected chi connectivity index (χ4v) is 2.00. The summed E-state index contributed by atoms with van der Waals surface area (Å²) in [6.07, 6.45) is 1.44. The third-order valence-corrected chi connectivity index (χ3v) is 2.88. The van der Waals surface area contributed by atoms with Crippen LogP contribution in [0, 0.1) is 11.3 Å². The number of hydrogen-bond donors (Lipinski definition) is 1.